The molecule has 1 nitrogen and oxygen atoms in total. The summed E-state index contributed by atoms with van der Waals surface area (Å²) in [5.74, 6) is 0.422. The smallest absolute Gasteiger partial charge is 0.0210 e. The molecule has 0 bridgehead atoms. The molecule has 0 aliphatic carbocycles. The highest BCUT2D eigenvalue weighted by atomic mass is 79.9. The summed E-state index contributed by atoms with van der Waals surface area (Å²) in [6.45, 7) is 4.37. The van der Waals surface area contributed by atoms with E-state index in [9.17, 15) is 0 Å². The first-order valence-corrected chi connectivity index (χ1v) is 5.96. The van der Waals surface area contributed by atoms with Gasteiger partial charge in [0.2, 0.25) is 0 Å². The summed E-state index contributed by atoms with van der Waals surface area (Å²) in [4.78, 5) is 0. The van der Waals surface area contributed by atoms with Gasteiger partial charge >= 0.3 is 0 Å². The maximum atomic E-state index is 6.11. The fourth-order valence-corrected chi connectivity index (χ4v) is 2.30. The largest absolute Gasteiger partial charge is 0.327 e. The minimum absolute atomic E-state index is 0.263. The monoisotopic (exact) mass is 255 g/mol. The lowest BCUT2D eigenvalue weighted by Gasteiger charge is -2.20. The van der Waals surface area contributed by atoms with Crippen LogP contribution in [0.5, 0.6) is 0 Å². The third kappa shape index (κ3) is 2.82. The maximum absolute atomic E-state index is 6.11. The SMILES string of the molecule is CCCC(N)C(C)c1ccccc1Br. The Hall–Kier alpha value is -0.340. The van der Waals surface area contributed by atoms with E-state index in [2.05, 4.69) is 48.0 Å². The molecule has 0 heterocycles. The van der Waals surface area contributed by atoms with Crippen LogP contribution in [0.3, 0.4) is 0 Å². The van der Waals surface area contributed by atoms with Gasteiger partial charge in [-0.3, -0.25) is 0 Å². The van der Waals surface area contributed by atoms with E-state index >= 15 is 0 Å². The van der Waals surface area contributed by atoms with Gasteiger partial charge < -0.3 is 5.73 Å². The van der Waals surface area contributed by atoms with Gasteiger partial charge in [0, 0.05) is 10.5 Å². The van der Waals surface area contributed by atoms with Crippen LogP contribution in [0.15, 0.2) is 28.7 Å². The van der Waals surface area contributed by atoms with Crippen LogP contribution < -0.4 is 5.73 Å². The van der Waals surface area contributed by atoms with Crippen LogP contribution in [0.1, 0.15) is 38.2 Å². The molecule has 0 saturated carbocycles. The summed E-state index contributed by atoms with van der Waals surface area (Å²) < 4.78 is 1.17. The third-order valence-electron chi connectivity index (χ3n) is 2.66. The first-order chi connectivity index (χ1) is 6.66. The van der Waals surface area contributed by atoms with Gasteiger partial charge in [0.25, 0.3) is 0 Å². The number of benzene rings is 1. The van der Waals surface area contributed by atoms with E-state index in [1.807, 2.05) is 6.07 Å². The van der Waals surface area contributed by atoms with Crippen LogP contribution in [0, 0.1) is 0 Å². The first kappa shape index (κ1) is 11.7. The average Bonchev–Trinajstić information content (AvgIpc) is 2.18. The lowest BCUT2D eigenvalue weighted by Crippen LogP contribution is -2.26. The van der Waals surface area contributed by atoms with Crippen molar-refractivity contribution in [2.24, 2.45) is 5.73 Å². The predicted octanol–water partition coefficient (Wildman–Crippen LogP) is 3.68. The quantitative estimate of drug-likeness (QED) is 0.873. The second-order valence-corrected chi connectivity index (χ2v) is 4.62. The molecule has 1 aromatic rings. The summed E-state index contributed by atoms with van der Waals surface area (Å²) in [5, 5.41) is 0. The van der Waals surface area contributed by atoms with Crippen molar-refractivity contribution in [2.75, 3.05) is 0 Å². The number of hydrogen-bond acceptors (Lipinski definition) is 1. The van der Waals surface area contributed by atoms with Crippen molar-refractivity contribution >= 4 is 15.9 Å². The number of hydrogen-bond donors (Lipinski definition) is 1. The molecule has 2 unspecified atom stereocenters. The highest BCUT2D eigenvalue weighted by molar-refractivity contribution is 9.10. The van der Waals surface area contributed by atoms with Gasteiger partial charge in [0.05, 0.1) is 0 Å². The zero-order chi connectivity index (χ0) is 10.6. The summed E-state index contributed by atoms with van der Waals surface area (Å²) in [7, 11) is 0. The molecule has 0 radical (unpaired) electrons. The molecule has 2 atom stereocenters. The van der Waals surface area contributed by atoms with Crippen molar-refractivity contribution in [2.45, 2.75) is 38.6 Å². The molecule has 0 fully saturated rings. The van der Waals surface area contributed by atoms with Gasteiger partial charge in [0.1, 0.15) is 0 Å². The molecule has 14 heavy (non-hydrogen) atoms. The van der Waals surface area contributed by atoms with Crippen molar-refractivity contribution < 1.29 is 0 Å². The number of nitrogens with two attached hydrogens (primary N) is 1. The molecule has 1 aromatic carbocycles. The minimum atomic E-state index is 0.263. The maximum Gasteiger partial charge on any atom is 0.0210 e. The summed E-state index contributed by atoms with van der Waals surface area (Å²) >= 11 is 3.56. The third-order valence-corrected chi connectivity index (χ3v) is 3.38. The van der Waals surface area contributed by atoms with E-state index in [0.29, 0.717) is 5.92 Å². The fourth-order valence-electron chi connectivity index (χ4n) is 1.66. The lowest BCUT2D eigenvalue weighted by atomic mass is 9.91. The number of rotatable bonds is 4. The van der Waals surface area contributed by atoms with Gasteiger partial charge in [-0.15, -0.1) is 0 Å². The zero-order valence-electron chi connectivity index (χ0n) is 8.83. The van der Waals surface area contributed by atoms with Crippen molar-refractivity contribution in [3.63, 3.8) is 0 Å². The van der Waals surface area contributed by atoms with E-state index in [4.69, 9.17) is 5.73 Å². The van der Waals surface area contributed by atoms with Crippen LogP contribution in [0.25, 0.3) is 0 Å². The van der Waals surface area contributed by atoms with Crippen LogP contribution >= 0.6 is 15.9 Å². The molecule has 2 N–H and O–H groups in total. The standard InChI is InChI=1S/C12H18BrN/c1-3-6-12(14)9(2)10-7-4-5-8-11(10)13/h4-5,7-9,12H,3,6,14H2,1-2H3. The van der Waals surface area contributed by atoms with E-state index < -0.39 is 0 Å². The van der Waals surface area contributed by atoms with Crippen LogP contribution in [-0.4, -0.2) is 6.04 Å². The van der Waals surface area contributed by atoms with Crippen molar-refractivity contribution in [1.82, 2.24) is 0 Å². The van der Waals surface area contributed by atoms with E-state index in [-0.39, 0.29) is 6.04 Å². The van der Waals surface area contributed by atoms with Gasteiger partial charge in [0.15, 0.2) is 0 Å². The molecule has 1 rings (SSSR count). The molecular formula is C12H18BrN. The van der Waals surface area contributed by atoms with Gasteiger partial charge in [-0.05, 0) is 24.0 Å². The topological polar surface area (TPSA) is 26.0 Å². The second-order valence-electron chi connectivity index (χ2n) is 3.76. The summed E-state index contributed by atoms with van der Waals surface area (Å²) in [5.41, 5.74) is 7.42. The van der Waals surface area contributed by atoms with E-state index in [1.165, 1.54) is 10.0 Å². The minimum Gasteiger partial charge on any atom is -0.327 e. The molecule has 0 spiro atoms. The molecule has 0 amide bonds. The Bertz CT molecular complexity index is 285. The van der Waals surface area contributed by atoms with Gasteiger partial charge in [-0.2, -0.15) is 0 Å². The van der Waals surface area contributed by atoms with Crippen LogP contribution in [-0.2, 0) is 0 Å². The van der Waals surface area contributed by atoms with Gasteiger partial charge in [-0.1, -0.05) is 54.4 Å². The van der Waals surface area contributed by atoms with Crippen molar-refractivity contribution in [3.05, 3.63) is 34.3 Å². The molecule has 0 aliphatic heterocycles. The summed E-state index contributed by atoms with van der Waals surface area (Å²) in [6.07, 6.45) is 2.23. The second kappa shape index (κ2) is 5.52. The predicted molar refractivity (Wildman–Crippen MR) is 65.4 cm³/mol. The van der Waals surface area contributed by atoms with Crippen molar-refractivity contribution in [3.8, 4) is 0 Å². The number of halogens is 1. The summed E-state index contributed by atoms with van der Waals surface area (Å²) in [6, 6.07) is 8.58. The van der Waals surface area contributed by atoms with Crippen molar-refractivity contribution in [1.29, 1.82) is 0 Å². The van der Waals surface area contributed by atoms with E-state index in [1.54, 1.807) is 0 Å². The highest BCUT2D eigenvalue weighted by Crippen LogP contribution is 2.27. The molecule has 78 valence electrons. The lowest BCUT2D eigenvalue weighted by molar-refractivity contribution is 0.521. The van der Waals surface area contributed by atoms with E-state index in [0.717, 1.165) is 12.8 Å². The molecule has 0 saturated heterocycles. The zero-order valence-corrected chi connectivity index (χ0v) is 10.4. The molecular weight excluding hydrogens is 238 g/mol. The Morgan fingerprint density at radius 2 is 2.00 bits per heavy atom. The molecule has 2 heteroatoms. The highest BCUT2D eigenvalue weighted by Gasteiger charge is 2.15. The van der Waals surface area contributed by atoms with Crippen LogP contribution in [0.2, 0.25) is 0 Å². The Kier molecular flexibility index (Phi) is 4.63. The van der Waals surface area contributed by atoms with Gasteiger partial charge in [-0.25, -0.2) is 0 Å². The average molecular weight is 256 g/mol. The Labute approximate surface area is 94.8 Å². The fraction of sp³-hybridized carbons (Fsp3) is 0.500. The first-order valence-electron chi connectivity index (χ1n) is 5.16. The molecule has 0 aliphatic rings. The Morgan fingerprint density at radius 3 is 2.57 bits per heavy atom. The molecule has 0 aromatic heterocycles. The normalized spacial score (nSPS) is 15.1. The Balaban J connectivity index is 2.78. The van der Waals surface area contributed by atoms with Crippen LogP contribution in [0.4, 0.5) is 0 Å². The Morgan fingerprint density at radius 1 is 1.36 bits per heavy atom.